The molecule has 19 heavy (non-hydrogen) atoms. The number of carboxylic acids is 1. The van der Waals surface area contributed by atoms with Crippen molar-refractivity contribution in [1.29, 1.82) is 5.26 Å². The highest BCUT2D eigenvalue weighted by atomic mass is 35.5. The van der Waals surface area contributed by atoms with E-state index in [4.69, 9.17) is 22.0 Å². The van der Waals surface area contributed by atoms with Crippen molar-refractivity contribution < 1.29 is 14.7 Å². The topological polar surface area (TPSA) is 102 Å². The van der Waals surface area contributed by atoms with Crippen LogP contribution in [0.15, 0.2) is 11.8 Å². The lowest BCUT2D eigenvalue weighted by Gasteiger charge is -2.17. The van der Waals surface area contributed by atoms with Crippen molar-refractivity contribution in [3.63, 3.8) is 0 Å². The van der Waals surface area contributed by atoms with Gasteiger partial charge >= 0.3 is 5.97 Å². The maximum Gasteiger partial charge on any atom is 0.326 e. The molecule has 0 aliphatic carbocycles. The van der Waals surface area contributed by atoms with E-state index in [-0.39, 0.29) is 11.5 Å². The number of nitrogens with one attached hydrogen (secondary N) is 2. The Bertz CT molecular complexity index is 388. The molecule has 0 bridgehead atoms. The summed E-state index contributed by atoms with van der Waals surface area (Å²) in [5.74, 6) is -1.63. The Morgan fingerprint density at radius 3 is 2.53 bits per heavy atom. The third kappa shape index (κ3) is 6.67. The average molecular weight is 288 g/mol. The molecular formula is C12H18ClN3O3. The minimum atomic E-state index is -1.13. The number of alkyl halides is 1. The number of rotatable bonds is 8. The highest BCUT2D eigenvalue weighted by Gasteiger charge is 2.24. The number of nitriles is 1. The first-order valence-corrected chi connectivity index (χ1v) is 6.40. The largest absolute Gasteiger partial charge is 0.480 e. The molecule has 0 saturated carbocycles. The van der Waals surface area contributed by atoms with E-state index in [1.54, 1.807) is 19.9 Å². The minimum absolute atomic E-state index is 0.165. The summed E-state index contributed by atoms with van der Waals surface area (Å²) in [5.41, 5.74) is -0.165. The smallest absolute Gasteiger partial charge is 0.326 e. The van der Waals surface area contributed by atoms with Crippen LogP contribution in [0.25, 0.3) is 0 Å². The van der Waals surface area contributed by atoms with Crippen LogP contribution in [0.4, 0.5) is 0 Å². The van der Waals surface area contributed by atoms with Gasteiger partial charge in [0.05, 0.1) is 0 Å². The quantitative estimate of drug-likeness (QED) is 0.266. The minimum Gasteiger partial charge on any atom is -0.480 e. The van der Waals surface area contributed by atoms with Crippen molar-refractivity contribution in [1.82, 2.24) is 10.6 Å². The van der Waals surface area contributed by atoms with Gasteiger partial charge < -0.3 is 15.7 Å². The molecule has 3 N–H and O–H groups in total. The first-order chi connectivity index (χ1) is 8.93. The SMILES string of the molecule is CC(C)C(NC(=O)/C(C#N)=C\NCCCCl)C(=O)O. The van der Waals surface area contributed by atoms with Gasteiger partial charge in [-0.15, -0.1) is 11.6 Å². The Balaban J connectivity index is 4.59. The van der Waals surface area contributed by atoms with Gasteiger partial charge in [-0.25, -0.2) is 4.79 Å². The van der Waals surface area contributed by atoms with E-state index in [1.165, 1.54) is 6.20 Å². The molecule has 0 aromatic rings. The van der Waals surface area contributed by atoms with Crippen LogP contribution in [-0.2, 0) is 9.59 Å². The van der Waals surface area contributed by atoms with Gasteiger partial charge in [-0.2, -0.15) is 5.26 Å². The van der Waals surface area contributed by atoms with Crippen LogP contribution >= 0.6 is 11.6 Å². The Morgan fingerprint density at radius 2 is 2.11 bits per heavy atom. The molecule has 0 radical (unpaired) electrons. The van der Waals surface area contributed by atoms with Crippen LogP contribution in [-0.4, -0.2) is 35.4 Å². The lowest BCUT2D eigenvalue weighted by atomic mass is 10.0. The fraction of sp³-hybridized carbons (Fsp3) is 0.583. The van der Waals surface area contributed by atoms with Gasteiger partial charge in [0.1, 0.15) is 17.7 Å². The van der Waals surface area contributed by atoms with E-state index in [2.05, 4.69) is 10.6 Å². The van der Waals surface area contributed by atoms with Gasteiger partial charge in [0.15, 0.2) is 0 Å². The second-order valence-corrected chi connectivity index (χ2v) is 4.58. The van der Waals surface area contributed by atoms with Crippen LogP contribution < -0.4 is 10.6 Å². The summed E-state index contributed by atoms with van der Waals surface area (Å²) in [6, 6.07) is 0.701. The van der Waals surface area contributed by atoms with E-state index in [0.717, 1.165) is 0 Å². The Labute approximate surface area is 117 Å². The fourth-order valence-corrected chi connectivity index (χ4v) is 1.36. The van der Waals surface area contributed by atoms with E-state index in [1.807, 2.05) is 0 Å². The first-order valence-electron chi connectivity index (χ1n) is 5.87. The van der Waals surface area contributed by atoms with Crippen molar-refractivity contribution in [2.24, 2.45) is 5.92 Å². The molecule has 6 nitrogen and oxygen atoms in total. The maximum atomic E-state index is 11.7. The van der Waals surface area contributed by atoms with Gasteiger partial charge in [-0.05, 0) is 12.3 Å². The number of hydrogen-bond acceptors (Lipinski definition) is 4. The highest BCUT2D eigenvalue weighted by molar-refractivity contribution is 6.17. The molecule has 0 spiro atoms. The predicted octanol–water partition coefficient (Wildman–Crippen LogP) is 0.838. The van der Waals surface area contributed by atoms with Crippen molar-refractivity contribution >= 4 is 23.5 Å². The number of aliphatic carboxylic acids is 1. The van der Waals surface area contributed by atoms with Crippen LogP contribution in [0.3, 0.4) is 0 Å². The number of carbonyl (C=O) groups excluding carboxylic acids is 1. The van der Waals surface area contributed by atoms with Gasteiger partial charge in [0.2, 0.25) is 0 Å². The molecule has 0 heterocycles. The molecule has 0 fully saturated rings. The van der Waals surface area contributed by atoms with Crippen LogP contribution in [0.5, 0.6) is 0 Å². The summed E-state index contributed by atoms with van der Waals surface area (Å²) in [5, 5.41) is 22.9. The van der Waals surface area contributed by atoms with Crippen molar-refractivity contribution in [2.45, 2.75) is 26.3 Å². The van der Waals surface area contributed by atoms with Crippen molar-refractivity contribution in [2.75, 3.05) is 12.4 Å². The molecule has 0 aromatic carbocycles. The number of amides is 1. The second kappa shape index (κ2) is 9.22. The van der Waals surface area contributed by atoms with Crippen molar-refractivity contribution in [3.05, 3.63) is 11.8 Å². The number of nitrogens with zero attached hydrogens (tertiary/aromatic N) is 1. The van der Waals surface area contributed by atoms with Gasteiger partial charge in [-0.1, -0.05) is 13.8 Å². The van der Waals surface area contributed by atoms with Crippen LogP contribution in [0, 0.1) is 17.2 Å². The summed E-state index contributed by atoms with van der Waals surface area (Å²) >= 11 is 5.48. The van der Waals surface area contributed by atoms with Crippen molar-refractivity contribution in [3.8, 4) is 6.07 Å². The molecule has 0 aromatic heterocycles. The maximum absolute atomic E-state index is 11.7. The van der Waals surface area contributed by atoms with E-state index >= 15 is 0 Å². The van der Waals surface area contributed by atoms with E-state index in [9.17, 15) is 9.59 Å². The molecule has 0 aliphatic rings. The molecule has 0 rings (SSSR count). The number of halogens is 1. The summed E-state index contributed by atoms with van der Waals surface area (Å²) in [6.07, 6.45) is 1.96. The molecule has 106 valence electrons. The zero-order valence-corrected chi connectivity index (χ0v) is 11.7. The third-order valence-electron chi connectivity index (χ3n) is 2.29. The summed E-state index contributed by atoms with van der Waals surface area (Å²) in [4.78, 5) is 22.7. The predicted molar refractivity (Wildman–Crippen MR) is 71.4 cm³/mol. The number of carbonyl (C=O) groups is 2. The van der Waals surface area contributed by atoms with Gasteiger partial charge in [0, 0.05) is 18.6 Å². The summed E-state index contributed by atoms with van der Waals surface area (Å²) in [6.45, 7) is 3.88. The zero-order valence-electron chi connectivity index (χ0n) is 10.9. The fourth-order valence-electron chi connectivity index (χ4n) is 1.22. The van der Waals surface area contributed by atoms with E-state index in [0.29, 0.717) is 18.8 Å². The monoisotopic (exact) mass is 287 g/mol. The lowest BCUT2D eigenvalue weighted by molar-refractivity contribution is -0.142. The highest BCUT2D eigenvalue weighted by Crippen LogP contribution is 2.03. The summed E-state index contributed by atoms with van der Waals surface area (Å²) in [7, 11) is 0. The molecule has 0 saturated heterocycles. The van der Waals surface area contributed by atoms with Gasteiger partial charge in [0.25, 0.3) is 5.91 Å². The van der Waals surface area contributed by atoms with Crippen LogP contribution in [0.2, 0.25) is 0 Å². The second-order valence-electron chi connectivity index (χ2n) is 4.20. The van der Waals surface area contributed by atoms with E-state index < -0.39 is 17.9 Å². The average Bonchev–Trinajstić information content (AvgIpc) is 2.35. The number of hydrogen-bond donors (Lipinski definition) is 3. The Hall–Kier alpha value is -1.74. The molecule has 1 unspecified atom stereocenters. The van der Waals surface area contributed by atoms with Crippen LogP contribution in [0.1, 0.15) is 20.3 Å². The first kappa shape index (κ1) is 17.3. The summed E-state index contributed by atoms with van der Waals surface area (Å²) < 4.78 is 0. The number of carboxylic acid groups (broad SMARTS) is 1. The Kier molecular flexibility index (Phi) is 8.38. The van der Waals surface area contributed by atoms with Gasteiger partial charge in [-0.3, -0.25) is 4.79 Å². The standard InChI is InChI=1S/C12H18ClN3O3/c1-8(2)10(12(18)19)16-11(17)9(6-14)7-15-5-3-4-13/h7-8,10,15H,3-5H2,1-2H3,(H,16,17)(H,18,19)/b9-7-. The molecular weight excluding hydrogens is 270 g/mol. The molecule has 1 atom stereocenters. The molecule has 7 heteroatoms. The normalized spacial score (nSPS) is 12.7. The molecule has 1 amide bonds. The molecule has 0 aliphatic heterocycles. The lowest BCUT2D eigenvalue weighted by Crippen LogP contribution is -2.44. The third-order valence-corrected chi connectivity index (χ3v) is 2.55. The Morgan fingerprint density at radius 1 is 1.47 bits per heavy atom. The zero-order chi connectivity index (χ0) is 14.8.